The lowest BCUT2D eigenvalue weighted by Gasteiger charge is -2.47. The van der Waals surface area contributed by atoms with E-state index in [4.69, 9.17) is 5.84 Å². The zero-order valence-corrected chi connectivity index (χ0v) is 6.33. The van der Waals surface area contributed by atoms with Gasteiger partial charge >= 0.3 is 0 Å². The first-order valence-corrected chi connectivity index (χ1v) is 3.38. The van der Waals surface area contributed by atoms with Crippen molar-refractivity contribution in [3.8, 4) is 0 Å². The van der Waals surface area contributed by atoms with E-state index < -0.39 is 0 Å². The molecule has 1 saturated heterocycles. The van der Waals surface area contributed by atoms with Crippen molar-refractivity contribution in [3.05, 3.63) is 0 Å². The van der Waals surface area contributed by atoms with E-state index in [1.54, 1.807) is 5.12 Å². The first-order valence-electron chi connectivity index (χ1n) is 3.38. The van der Waals surface area contributed by atoms with Crippen LogP contribution in [0.1, 0.15) is 13.8 Å². The minimum atomic E-state index is 0.565. The Labute approximate surface area is 56.4 Å². The zero-order chi connectivity index (χ0) is 7.02. The van der Waals surface area contributed by atoms with Crippen LogP contribution in [0.15, 0.2) is 0 Å². The van der Waals surface area contributed by atoms with Gasteiger partial charge in [-0.2, -0.15) is 5.12 Å². The lowest BCUT2D eigenvalue weighted by atomic mass is 10.0. The monoisotopic (exact) mass is 129 g/mol. The predicted octanol–water partition coefficient (Wildman–Crippen LogP) is 0.0471. The van der Waals surface area contributed by atoms with E-state index in [0.717, 1.165) is 6.54 Å². The van der Waals surface area contributed by atoms with E-state index in [-0.39, 0.29) is 0 Å². The molecular weight excluding hydrogens is 114 g/mol. The second kappa shape index (κ2) is 2.25. The molecule has 1 heterocycles. The molecular formula is C6H15N3. The van der Waals surface area contributed by atoms with Gasteiger partial charge in [-0.3, -0.25) is 5.84 Å². The first kappa shape index (κ1) is 6.99. The fraction of sp³-hybridized carbons (Fsp3) is 1.00. The largest absolute Gasteiger partial charge is 0.255 e. The molecule has 3 nitrogen and oxygen atoms in total. The van der Waals surface area contributed by atoms with Gasteiger partial charge in [0.25, 0.3) is 0 Å². The van der Waals surface area contributed by atoms with Crippen molar-refractivity contribution in [2.24, 2.45) is 11.8 Å². The van der Waals surface area contributed by atoms with Gasteiger partial charge in [-0.1, -0.05) is 13.8 Å². The molecule has 0 spiro atoms. The number of hydrazine groups is 2. The molecule has 0 aliphatic carbocycles. The van der Waals surface area contributed by atoms with Crippen molar-refractivity contribution in [1.82, 2.24) is 10.1 Å². The smallest absolute Gasteiger partial charge is 0.0564 e. The quantitative estimate of drug-likeness (QED) is 0.508. The maximum absolute atomic E-state index is 5.63. The van der Waals surface area contributed by atoms with Crippen LogP contribution in [0, 0.1) is 5.92 Å². The highest BCUT2D eigenvalue weighted by molar-refractivity contribution is 4.79. The van der Waals surface area contributed by atoms with Crippen LogP contribution >= 0.6 is 0 Å². The third kappa shape index (κ3) is 1.08. The molecule has 0 saturated carbocycles. The molecule has 0 aromatic carbocycles. The molecule has 1 aliphatic rings. The Morgan fingerprint density at radius 2 is 2.11 bits per heavy atom. The molecule has 0 radical (unpaired) electrons. The summed E-state index contributed by atoms with van der Waals surface area (Å²) < 4.78 is 0. The molecule has 9 heavy (non-hydrogen) atoms. The molecule has 3 heteroatoms. The van der Waals surface area contributed by atoms with Crippen molar-refractivity contribution in [1.29, 1.82) is 0 Å². The van der Waals surface area contributed by atoms with E-state index in [0.29, 0.717) is 12.0 Å². The van der Waals surface area contributed by atoms with Gasteiger partial charge in [0.1, 0.15) is 0 Å². The van der Waals surface area contributed by atoms with Crippen LogP contribution in [0.25, 0.3) is 0 Å². The van der Waals surface area contributed by atoms with Crippen molar-refractivity contribution >= 4 is 0 Å². The second-order valence-corrected chi connectivity index (χ2v) is 3.03. The average Bonchev–Trinajstić information content (AvgIpc) is 1.81. The van der Waals surface area contributed by atoms with Gasteiger partial charge in [0.05, 0.1) is 6.04 Å². The number of hydrogen-bond acceptors (Lipinski definition) is 3. The van der Waals surface area contributed by atoms with E-state index in [2.05, 4.69) is 13.8 Å². The summed E-state index contributed by atoms with van der Waals surface area (Å²) in [5.74, 6) is 6.30. The van der Waals surface area contributed by atoms with Crippen LogP contribution in [0.2, 0.25) is 0 Å². The Hall–Kier alpha value is -0.120. The lowest BCUT2D eigenvalue weighted by Crippen LogP contribution is -2.67. The highest BCUT2D eigenvalue weighted by Crippen LogP contribution is 2.18. The molecule has 54 valence electrons. The summed E-state index contributed by atoms with van der Waals surface area (Å²) in [6.45, 7) is 5.49. The summed E-state index contributed by atoms with van der Waals surface area (Å²) in [6, 6.07) is 0.565. The molecule has 0 aromatic rings. The number of likely N-dealkylation sites (N-methyl/N-ethyl adjacent to an activating group) is 1. The van der Waals surface area contributed by atoms with Crippen LogP contribution in [-0.4, -0.2) is 29.8 Å². The first-order chi connectivity index (χ1) is 4.13. The molecule has 1 fully saturated rings. The fourth-order valence-electron chi connectivity index (χ4n) is 1.12. The SMILES string of the molecule is CC(C)C1CN(C)N1N. The van der Waals surface area contributed by atoms with Crippen LogP contribution in [0.4, 0.5) is 0 Å². The molecule has 0 aromatic heterocycles. The maximum Gasteiger partial charge on any atom is 0.0564 e. The van der Waals surface area contributed by atoms with Gasteiger partial charge in [0.15, 0.2) is 0 Å². The summed E-state index contributed by atoms with van der Waals surface area (Å²) in [7, 11) is 2.00. The summed E-state index contributed by atoms with van der Waals surface area (Å²) in [6.07, 6.45) is 0. The van der Waals surface area contributed by atoms with Crippen LogP contribution in [0.5, 0.6) is 0 Å². The summed E-state index contributed by atoms with van der Waals surface area (Å²) in [5, 5.41) is 3.81. The van der Waals surface area contributed by atoms with Crippen molar-refractivity contribution in [3.63, 3.8) is 0 Å². The number of rotatable bonds is 1. The Balaban J connectivity index is 2.33. The molecule has 1 unspecified atom stereocenters. The van der Waals surface area contributed by atoms with Gasteiger partial charge in [0, 0.05) is 13.6 Å². The van der Waals surface area contributed by atoms with E-state index in [9.17, 15) is 0 Å². The molecule has 0 bridgehead atoms. The Kier molecular flexibility index (Phi) is 1.75. The van der Waals surface area contributed by atoms with Gasteiger partial charge in [0.2, 0.25) is 0 Å². The Bertz CT molecular complexity index is 102. The highest BCUT2D eigenvalue weighted by atomic mass is 15.8. The van der Waals surface area contributed by atoms with Gasteiger partial charge in [-0.25, -0.2) is 5.01 Å². The van der Waals surface area contributed by atoms with Crippen LogP contribution in [-0.2, 0) is 0 Å². The van der Waals surface area contributed by atoms with Crippen molar-refractivity contribution < 1.29 is 0 Å². The normalized spacial score (nSPS) is 31.0. The highest BCUT2D eigenvalue weighted by Gasteiger charge is 2.32. The molecule has 1 rings (SSSR count). The number of nitrogens with zero attached hydrogens (tertiary/aromatic N) is 2. The maximum atomic E-state index is 5.63. The Morgan fingerprint density at radius 3 is 2.22 bits per heavy atom. The van der Waals surface area contributed by atoms with Crippen LogP contribution < -0.4 is 5.84 Å². The van der Waals surface area contributed by atoms with Crippen molar-refractivity contribution in [2.75, 3.05) is 13.6 Å². The van der Waals surface area contributed by atoms with Gasteiger partial charge in [-0.15, -0.1) is 0 Å². The molecule has 1 atom stereocenters. The van der Waals surface area contributed by atoms with E-state index in [1.165, 1.54) is 0 Å². The minimum absolute atomic E-state index is 0.565. The molecule has 2 N–H and O–H groups in total. The minimum Gasteiger partial charge on any atom is -0.255 e. The fourth-order valence-corrected chi connectivity index (χ4v) is 1.12. The average molecular weight is 129 g/mol. The third-order valence-electron chi connectivity index (χ3n) is 1.95. The van der Waals surface area contributed by atoms with Crippen LogP contribution in [0.3, 0.4) is 0 Å². The van der Waals surface area contributed by atoms with Gasteiger partial charge in [-0.05, 0) is 5.92 Å². The zero-order valence-electron chi connectivity index (χ0n) is 6.33. The third-order valence-corrected chi connectivity index (χ3v) is 1.95. The van der Waals surface area contributed by atoms with E-state index >= 15 is 0 Å². The summed E-state index contributed by atoms with van der Waals surface area (Å²) in [5.41, 5.74) is 0. The number of nitrogens with two attached hydrogens (primary N) is 1. The van der Waals surface area contributed by atoms with Crippen molar-refractivity contribution in [2.45, 2.75) is 19.9 Å². The molecule has 1 aliphatic heterocycles. The lowest BCUT2D eigenvalue weighted by molar-refractivity contribution is -0.161. The molecule has 0 amide bonds. The second-order valence-electron chi connectivity index (χ2n) is 3.03. The standard InChI is InChI=1S/C6H15N3/c1-5(2)6-4-8(3)9(6)7/h5-6H,4,7H2,1-3H3. The Morgan fingerprint density at radius 1 is 1.56 bits per heavy atom. The number of hydrogen-bond donors (Lipinski definition) is 1. The van der Waals surface area contributed by atoms with E-state index in [1.807, 2.05) is 12.1 Å². The predicted molar refractivity (Wildman–Crippen MR) is 37.3 cm³/mol. The summed E-state index contributed by atoms with van der Waals surface area (Å²) in [4.78, 5) is 0. The van der Waals surface area contributed by atoms with Gasteiger partial charge < -0.3 is 0 Å². The topological polar surface area (TPSA) is 32.5 Å². The summed E-state index contributed by atoms with van der Waals surface area (Å²) >= 11 is 0.